The Morgan fingerprint density at radius 1 is 0.0980 bits per heavy atom. The maximum atomic E-state index is 0. The second kappa shape index (κ2) is 6650. The summed E-state index contributed by atoms with van der Waals surface area (Å²) in [6.45, 7) is 0. The Bertz CT molecular complexity index is 66.5. The molecular formula is H16Al4Na2O35Si10. The Kier molecular flexibility index (Phi) is 915000. The minimum Gasteiger partial charge on any atom is -2.00 e. The fourth-order valence-corrected chi connectivity index (χ4v) is 0. The van der Waals surface area contributed by atoms with E-state index in [4.69, 9.17) is 0 Å². The fraction of sp³-hybridized carbons (Fsp3) is 0. The van der Waals surface area contributed by atoms with Crippen LogP contribution in [0.1, 0.15) is 0 Å². The maximum absolute atomic E-state index is 0. The molecule has 0 heterocycles. The molecule has 0 aromatic rings. The van der Waals surface area contributed by atoms with Crippen molar-refractivity contribution in [2.45, 2.75) is 0 Å². The Morgan fingerprint density at radius 3 is 0.0980 bits per heavy atom. The molecule has 0 atom stereocenters. The zero-order valence-corrected chi connectivity index (χ0v) is 42.8. The van der Waals surface area contributed by atoms with Gasteiger partial charge in [0.25, 0.3) is 0 Å². The van der Waals surface area contributed by atoms with E-state index in [1.165, 1.54) is 0 Å². The Balaban J connectivity index is 0. The molecule has 280 valence electrons. The SMILES string of the molecule is [Al+3].[Al+3].[Al+3].[Al+3].[Na+].[Na+].[O-2].[O-2].[O-2].[O-2].[O-2].[O-2].[O-2].[O-2].[O-2].[O-2].[O-2].[O-2].[O-2].[O-2].[O-2].[O-2].[O-2].[O-2].[O-2].[OH-].[OH-].[OH-].[OH-].[OH-].[OH-].[OH-].[OH-].[OH-].[OH-].[OH-].[OH-].[OH-].[OH-].[OH-].[OH-].[Si+4].[Si+4].[Si+4].[Si+4].[Si+4].[Si+4].[Si+4].[Si+4].[Si+4].[Si+4]. The van der Waals surface area contributed by atoms with Gasteiger partial charge in [0.1, 0.15) is 0 Å². The van der Waals surface area contributed by atoms with E-state index in [2.05, 4.69) is 0 Å². The quantitative estimate of drug-likeness (QED) is 0.203. The second-order valence-electron chi connectivity index (χ2n) is 0. The average molecular weight is 1010 g/mol. The monoisotopic (exact) mass is 1010 g/mol. The van der Waals surface area contributed by atoms with Gasteiger partial charge in [-0.2, -0.15) is 0 Å². The topological polar surface area (TPSA) is 1020 Å². The van der Waals surface area contributed by atoms with Gasteiger partial charge in [-0.25, -0.2) is 0 Å². The molecule has 0 rings (SSSR count). The van der Waals surface area contributed by atoms with Crippen LogP contribution >= 0.6 is 0 Å². The van der Waals surface area contributed by atoms with Crippen molar-refractivity contribution in [3.63, 3.8) is 0 Å². The maximum Gasteiger partial charge on any atom is 4.00 e. The summed E-state index contributed by atoms with van der Waals surface area (Å²) in [5.74, 6) is 0. The van der Waals surface area contributed by atoms with Crippen molar-refractivity contribution in [2.24, 2.45) is 0 Å². The van der Waals surface area contributed by atoms with Crippen LogP contribution in [0.3, 0.4) is 0 Å². The van der Waals surface area contributed by atoms with Crippen LogP contribution in [0.15, 0.2) is 0 Å². The molecular weight excluding hydrogens is 995 g/mol. The van der Waals surface area contributed by atoms with E-state index >= 15 is 0 Å². The molecule has 0 radical (unpaired) electrons. The van der Waals surface area contributed by atoms with Gasteiger partial charge >= 0.3 is 238 Å². The van der Waals surface area contributed by atoms with Gasteiger partial charge in [0.2, 0.25) is 0 Å². The molecule has 0 aromatic heterocycles. The first-order valence-electron chi connectivity index (χ1n) is 0. The summed E-state index contributed by atoms with van der Waals surface area (Å²) in [5.41, 5.74) is 0. The van der Waals surface area contributed by atoms with Gasteiger partial charge in [0, 0.05) is 0 Å². The molecule has 51 heteroatoms. The van der Waals surface area contributed by atoms with E-state index in [9.17, 15) is 0 Å². The largest absolute Gasteiger partial charge is 4.00 e. The summed E-state index contributed by atoms with van der Waals surface area (Å²) in [6.07, 6.45) is 0. The summed E-state index contributed by atoms with van der Waals surface area (Å²) >= 11 is 0. The van der Waals surface area contributed by atoms with E-state index < -0.39 is 0 Å². The molecule has 0 saturated carbocycles. The Hall–Kier alpha value is 4.90. The number of hydrogen-bond donors (Lipinski definition) is 0. The molecule has 0 spiro atoms. The molecule has 16 N–H and O–H groups in total. The Morgan fingerprint density at radius 2 is 0.0980 bits per heavy atom. The third-order valence-electron chi connectivity index (χ3n) is 0. The summed E-state index contributed by atoms with van der Waals surface area (Å²) in [6, 6.07) is 0. The van der Waals surface area contributed by atoms with Crippen molar-refractivity contribution >= 4 is 179 Å². The van der Waals surface area contributed by atoms with Crippen molar-refractivity contribution in [3.05, 3.63) is 0 Å². The van der Waals surface area contributed by atoms with Gasteiger partial charge in [0.05, 0.1) is 0 Å². The summed E-state index contributed by atoms with van der Waals surface area (Å²) < 4.78 is 0. The van der Waals surface area contributed by atoms with Crippen LogP contribution < -0.4 is 59.1 Å². The molecule has 51 heavy (non-hydrogen) atoms. The smallest absolute Gasteiger partial charge is 2.00 e. The summed E-state index contributed by atoms with van der Waals surface area (Å²) in [4.78, 5) is 0. The molecule has 0 saturated heterocycles. The van der Waals surface area contributed by atoms with Crippen molar-refractivity contribution in [2.75, 3.05) is 0 Å². The molecule has 0 bridgehead atoms. The first kappa shape index (κ1) is 7020. The van der Waals surface area contributed by atoms with Crippen molar-refractivity contribution < 1.29 is 251 Å². The molecule has 0 aliphatic carbocycles. The predicted molar refractivity (Wildman–Crippen MR) is 125 cm³/mol. The number of rotatable bonds is 0. The van der Waals surface area contributed by atoms with E-state index in [0.717, 1.165) is 0 Å². The second-order valence-corrected chi connectivity index (χ2v) is 0. The molecule has 0 unspecified atom stereocenters. The zero-order valence-electron chi connectivity index (χ0n) is 24.2. The van der Waals surface area contributed by atoms with Gasteiger partial charge in [-0.15, -0.1) is 0 Å². The van der Waals surface area contributed by atoms with E-state index in [0.29, 0.717) is 0 Å². The normalized spacial score (nSPS) is 0. The van der Waals surface area contributed by atoms with Gasteiger partial charge in [-0.05, 0) is 0 Å². The van der Waals surface area contributed by atoms with E-state index in [-0.39, 0.29) is 430 Å². The molecule has 35 nitrogen and oxygen atoms in total. The molecule has 0 amide bonds. The molecule has 0 fully saturated rings. The standard InChI is InChI=1S/4Al.2Na.16H2O.19O.10Si/h;;;;;;16*1H2;;;;;;;;;;;;;;;;;;;;;;;;;;;;;/q4*+3;2*+1;;;;;;;;;;;;;;;;;19*-2;10*+4/p-16. The zero-order chi connectivity index (χ0) is 0. The van der Waals surface area contributed by atoms with Crippen LogP contribution in [0, 0.1) is 0 Å². The van der Waals surface area contributed by atoms with Crippen LogP contribution in [0.4, 0.5) is 0 Å². The van der Waals surface area contributed by atoms with Crippen molar-refractivity contribution in [1.29, 1.82) is 0 Å². The molecule has 0 aliphatic rings. The van der Waals surface area contributed by atoms with Gasteiger partial charge in [0.15, 0.2) is 0 Å². The predicted octanol–water partition coefficient (Wildman–Crippen LogP) is -16.4. The van der Waals surface area contributed by atoms with Crippen LogP contribution in [0.2, 0.25) is 0 Å². The van der Waals surface area contributed by atoms with Gasteiger partial charge < -0.3 is 192 Å². The summed E-state index contributed by atoms with van der Waals surface area (Å²) in [7, 11) is 0. The van der Waals surface area contributed by atoms with E-state index in [1.54, 1.807) is 0 Å². The minimum atomic E-state index is 0. The third-order valence-corrected chi connectivity index (χ3v) is 0. The first-order chi connectivity index (χ1) is 0. The van der Waals surface area contributed by atoms with E-state index in [1.807, 2.05) is 0 Å². The minimum absolute atomic E-state index is 0. The van der Waals surface area contributed by atoms with Crippen LogP contribution in [0.5, 0.6) is 0 Å². The van der Waals surface area contributed by atoms with Gasteiger partial charge in [-0.1, -0.05) is 0 Å². The van der Waals surface area contributed by atoms with Crippen LogP contribution in [-0.2, 0) is 104 Å². The summed E-state index contributed by atoms with van der Waals surface area (Å²) in [5, 5.41) is 0. The Labute approximate surface area is 425 Å². The van der Waals surface area contributed by atoms with Crippen molar-refractivity contribution in [1.82, 2.24) is 0 Å². The van der Waals surface area contributed by atoms with Crippen LogP contribution in [-0.4, -0.2) is 267 Å². The molecule has 0 aliphatic heterocycles. The van der Waals surface area contributed by atoms with Crippen LogP contribution in [0.25, 0.3) is 0 Å². The molecule has 0 aromatic carbocycles. The van der Waals surface area contributed by atoms with Crippen molar-refractivity contribution in [3.8, 4) is 0 Å². The number of hydrogen-bond acceptors (Lipinski definition) is 16. The van der Waals surface area contributed by atoms with Gasteiger partial charge in [-0.3, -0.25) is 0 Å². The first-order valence-corrected chi connectivity index (χ1v) is 0. The third kappa shape index (κ3) is 6400. The average Bonchev–Trinajstić information content (AvgIpc) is 0. The fourth-order valence-electron chi connectivity index (χ4n) is 0.